The van der Waals surface area contributed by atoms with Crippen LogP contribution in [0.15, 0.2) is 12.4 Å². The monoisotopic (exact) mass is 276 g/mol. The van der Waals surface area contributed by atoms with Gasteiger partial charge in [0.05, 0.1) is 0 Å². The summed E-state index contributed by atoms with van der Waals surface area (Å²) in [5.41, 5.74) is 1.26. The van der Waals surface area contributed by atoms with Crippen molar-refractivity contribution in [2.75, 3.05) is 18.0 Å². The van der Waals surface area contributed by atoms with Crippen molar-refractivity contribution in [2.45, 2.75) is 53.1 Å². The van der Waals surface area contributed by atoms with Crippen LogP contribution in [-0.4, -0.2) is 28.6 Å². The minimum atomic E-state index is 0.121. The topological polar surface area (TPSA) is 41.1 Å². The van der Waals surface area contributed by atoms with Gasteiger partial charge in [0.15, 0.2) is 0 Å². The molecule has 2 atom stereocenters. The Labute approximate surface area is 123 Å². The average molecular weight is 276 g/mol. The van der Waals surface area contributed by atoms with Crippen LogP contribution in [0.4, 0.5) is 5.95 Å². The first kappa shape index (κ1) is 15.2. The van der Waals surface area contributed by atoms with Crippen LogP contribution in [0.5, 0.6) is 0 Å². The summed E-state index contributed by atoms with van der Waals surface area (Å²) in [6.07, 6.45) is 5.21. The predicted molar refractivity (Wildman–Crippen MR) is 83.8 cm³/mol. The lowest BCUT2D eigenvalue weighted by molar-refractivity contribution is 0.353. The van der Waals surface area contributed by atoms with Crippen LogP contribution in [0.3, 0.4) is 0 Å². The first-order valence-electron chi connectivity index (χ1n) is 7.64. The van der Waals surface area contributed by atoms with Crippen LogP contribution in [0.2, 0.25) is 0 Å². The lowest BCUT2D eigenvalue weighted by atomic mass is 9.92. The Balaban J connectivity index is 1.97. The molecule has 2 unspecified atom stereocenters. The van der Waals surface area contributed by atoms with Gasteiger partial charge in [0.1, 0.15) is 0 Å². The summed E-state index contributed by atoms with van der Waals surface area (Å²) >= 11 is 0. The second kappa shape index (κ2) is 6.08. The highest BCUT2D eigenvalue weighted by atomic mass is 15.3. The average Bonchev–Trinajstić information content (AvgIpc) is 2.35. The number of hydrogen-bond acceptors (Lipinski definition) is 4. The Bertz CT molecular complexity index is 411. The summed E-state index contributed by atoms with van der Waals surface area (Å²) in [5.74, 6) is 2.33. The van der Waals surface area contributed by atoms with E-state index in [0.717, 1.165) is 43.0 Å². The normalized spacial score (nSPS) is 23.9. The molecule has 0 radical (unpaired) electrons. The fourth-order valence-corrected chi connectivity index (χ4v) is 2.80. The van der Waals surface area contributed by atoms with E-state index in [1.165, 1.54) is 6.42 Å². The van der Waals surface area contributed by atoms with E-state index in [2.05, 4.69) is 54.8 Å². The number of piperidine rings is 1. The third-order valence-electron chi connectivity index (χ3n) is 3.67. The molecule has 4 heteroatoms. The van der Waals surface area contributed by atoms with Gasteiger partial charge in [0.2, 0.25) is 5.95 Å². The molecule has 0 saturated carbocycles. The first-order valence-corrected chi connectivity index (χ1v) is 7.64. The smallest absolute Gasteiger partial charge is 0.225 e. The molecule has 0 aromatic carbocycles. The summed E-state index contributed by atoms with van der Waals surface area (Å²) in [6.45, 7) is 14.1. The Hall–Kier alpha value is -1.16. The third kappa shape index (κ3) is 4.44. The molecule has 0 bridgehead atoms. The van der Waals surface area contributed by atoms with Gasteiger partial charge in [-0.15, -0.1) is 0 Å². The lowest BCUT2D eigenvalue weighted by Crippen LogP contribution is -2.39. The van der Waals surface area contributed by atoms with Crippen LogP contribution < -0.4 is 10.2 Å². The molecule has 1 aliphatic heterocycles. The van der Waals surface area contributed by atoms with Crippen LogP contribution in [0.25, 0.3) is 0 Å². The molecule has 1 aliphatic rings. The van der Waals surface area contributed by atoms with Gasteiger partial charge < -0.3 is 10.2 Å². The van der Waals surface area contributed by atoms with Gasteiger partial charge in [0, 0.05) is 43.1 Å². The van der Waals surface area contributed by atoms with Gasteiger partial charge in [0.25, 0.3) is 0 Å². The maximum atomic E-state index is 4.55. The van der Waals surface area contributed by atoms with Gasteiger partial charge in [-0.05, 0) is 39.0 Å². The highest BCUT2D eigenvalue weighted by Gasteiger charge is 2.23. The Morgan fingerprint density at radius 2 is 1.70 bits per heavy atom. The molecule has 2 heterocycles. The second-order valence-corrected chi connectivity index (χ2v) is 7.35. The largest absolute Gasteiger partial charge is 0.340 e. The maximum absolute atomic E-state index is 4.55. The van der Waals surface area contributed by atoms with Crippen molar-refractivity contribution in [3.05, 3.63) is 18.0 Å². The minimum absolute atomic E-state index is 0.121. The number of nitrogens with one attached hydrogen (secondary N) is 1. The van der Waals surface area contributed by atoms with Crippen molar-refractivity contribution in [1.29, 1.82) is 0 Å². The summed E-state index contributed by atoms with van der Waals surface area (Å²) in [5, 5.41) is 3.46. The molecule has 2 rings (SSSR count). The fourth-order valence-electron chi connectivity index (χ4n) is 2.80. The maximum Gasteiger partial charge on any atom is 0.225 e. The summed E-state index contributed by atoms with van der Waals surface area (Å²) in [6, 6.07) is 0. The van der Waals surface area contributed by atoms with E-state index >= 15 is 0 Å². The van der Waals surface area contributed by atoms with Crippen LogP contribution in [0.1, 0.15) is 46.6 Å². The number of nitrogens with zero attached hydrogens (tertiary/aromatic N) is 3. The molecule has 1 aromatic rings. The zero-order valence-corrected chi connectivity index (χ0v) is 13.5. The standard InChI is InChI=1S/C16H28N4/c1-12-6-13(2)11-20(10-12)15-17-7-14(8-18-15)9-19-16(3,4)5/h7-8,12-13,19H,6,9-11H2,1-5H3. The fraction of sp³-hybridized carbons (Fsp3) is 0.750. The molecule has 1 fully saturated rings. The number of hydrogen-bond donors (Lipinski definition) is 1. The van der Waals surface area contributed by atoms with Crippen LogP contribution >= 0.6 is 0 Å². The van der Waals surface area contributed by atoms with Gasteiger partial charge in [-0.3, -0.25) is 0 Å². The van der Waals surface area contributed by atoms with Crippen molar-refractivity contribution < 1.29 is 0 Å². The van der Waals surface area contributed by atoms with E-state index < -0.39 is 0 Å². The van der Waals surface area contributed by atoms with E-state index in [9.17, 15) is 0 Å². The van der Waals surface area contributed by atoms with Crippen molar-refractivity contribution in [1.82, 2.24) is 15.3 Å². The molecule has 4 nitrogen and oxygen atoms in total. The number of aromatic nitrogens is 2. The predicted octanol–water partition coefficient (Wildman–Crippen LogP) is 2.85. The van der Waals surface area contributed by atoms with E-state index in [1.807, 2.05) is 12.4 Å². The second-order valence-electron chi connectivity index (χ2n) is 7.35. The molecule has 1 saturated heterocycles. The van der Waals surface area contributed by atoms with E-state index in [0.29, 0.717) is 0 Å². The van der Waals surface area contributed by atoms with Crippen molar-refractivity contribution in [3.63, 3.8) is 0 Å². The molecular formula is C16H28N4. The quantitative estimate of drug-likeness (QED) is 0.921. The number of rotatable bonds is 3. The lowest BCUT2D eigenvalue weighted by Gasteiger charge is -2.34. The van der Waals surface area contributed by atoms with Crippen molar-refractivity contribution in [3.8, 4) is 0 Å². The molecular weight excluding hydrogens is 248 g/mol. The molecule has 20 heavy (non-hydrogen) atoms. The minimum Gasteiger partial charge on any atom is -0.340 e. The molecule has 112 valence electrons. The zero-order chi connectivity index (χ0) is 14.8. The SMILES string of the molecule is CC1CC(C)CN(c2ncc(CNC(C)(C)C)cn2)C1. The highest BCUT2D eigenvalue weighted by Crippen LogP contribution is 2.23. The Morgan fingerprint density at radius 1 is 1.15 bits per heavy atom. The van der Waals surface area contributed by atoms with Gasteiger partial charge in [-0.1, -0.05) is 13.8 Å². The number of anilines is 1. The highest BCUT2D eigenvalue weighted by molar-refractivity contribution is 5.31. The van der Waals surface area contributed by atoms with E-state index in [4.69, 9.17) is 0 Å². The summed E-state index contributed by atoms with van der Waals surface area (Å²) in [7, 11) is 0. The molecule has 1 aromatic heterocycles. The van der Waals surface area contributed by atoms with E-state index in [-0.39, 0.29) is 5.54 Å². The van der Waals surface area contributed by atoms with Crippen LogP contribution in [-0.2, 0) is 6.54 Å². The van der Waals surface area contributed by atoms with Gasteiger partial charge >= 0.3 is 0 Å². The molecule has 0 amide bonds. The molecule has 0 aliphatic carbocycles. The molecule has 0 spiro atoms. The van der Waals surface area contributed by atoms with Crippen molar-refractivity contribution in [2.24, 2.45) is 11.8 Å². The van der Waals surface area contributed by atoms with Gasteiger partial charge in [-0.2, -0.15) is 0 Å². The zero-order valence-electron chi connectivity index (χ0n) is 13.5. The summed E-state index contributed by atoms with van der Waals surface area (Å²) < 4.78 is 0. The Morgan fingerprint density at radius 3 is 2.20 bits per heavy atom. The summed E-state index contributed by atoms with van der Waals surface area (Å²) in [4.78, 5) is 11.4. The van der Waals surface area contributed by atoms with Crippen molar-refractivity contribution >= 4 is 5.95 Å². The van der Waals surface area contributed by atoms with E-state index in [1.54, 1.807) is 0 Å². The first-order chi connectivity index (χ1) is 9.33. The third-order valence-corrected chi connectivity index (χ3v) is 3.67. The van der Waals surface area contributed by atoms with Gasteiger partial charge in [-0.25, -0.2) is 9.97 Å². The molecule has 1 N–H and O–H groups in total. The Kier molecular flexibility index (Phi) is 4.63. The van der Waals surface area contributed by atoms with Crippen LogP contribution in [0, 0.1) is 11.8 Å².